The van der Waals surface area contributed by atoms with Gasteiger partial charge in [-0.2, -0.15) is 0 Å². The van der Waals surface area contributed by atoms with Crippen molar-refractivity contribution >= 4 is 17.3 Å². The molecule has 1 aromatic heterocycles. The summed E-state index contributed by atoms with van der Waals surface area (Å²) in [7, 11) is 1.62. The second kappa shape index (κ2) is 8.16. The van der Waals surface area contributed by atoms with Crippen molar-refractivity contribution in [2.45, 2.75) is 13.0 Å². The van der Waals surface area contributed by atoms with Crippen LogP contribution in [0, 0.1) is 0 Å². The van der Waals surface area contributed by atoms with E-state index in [4.69, 9.17) is 4.74 Å². The Morgan fingerprint density at radius 3 is 2.58 bits per heavy atom. The second-order valence-corrected chi connectivity index (χ2v) is 5.93. The number of amides is 1. The Kier molecular flexibility index (Phi) is 5.49. The van der Waals surface area contributed by atoms with Crippen LogP contribution in [0.25, 0.3) is 0 Å². The van der Waals surface area contributed by atoms with Crippen LogP contribution >= 0.6 is 0 Å². The fourth-order valence-electron chi connectivity index (χ4n) is 2.60. The molecule has 0 saturated heterocycles. The second-order valence-electron chi connectivity index (χ2n) is 5.93. The van der Waals surface area contributed by atoms with Crippen LogP contribution in [0.3, 0.4) is 0 Å². The number of aromatic nitrogens is 1. The van der Waals surface area contributed by atoms with Crippen LogP contribution < -0.4 is 15.4 Å². The highest BCUT2D eigenvalue weighted by atomic mass is 16.5. The summed E-state index contributed by atoms with van der Waals surface area (Å²) in [6.45, 7) is 1.96. The Bertz CT molecular complexity index is 881. The van der Waals surface area contributed by atoms with Gasteiger partial charge in [0.15, 0.2) is 0 Å². The Hall–Kier alpha value is -3.34. The molecular weight excluding hydrogens is 326 g/mol. The molecule has 0 fully saturated rings. The molecule has 0 aliphatic heterocycles. The number of hydrogen-bond acceptors (Lipinski definition) is 4. The third-order valence-corrected chi connectivity index (χ3v) is 4.01. The van der Waals surface area contributed by atoms with E-state index >= 15 is 0 Å². The lowest BCUT2D eigenvalue weighted by Crippen LogP contribution is -2.26. The summed E-state index contributed by atoms with van der Waals surface area (Å²) in [6.07, 6.45) is 3.24. The Morgan fingerprint density at radius 2 is 1.81 bits per heavy atom. The summed E-state index contributed by atoms with van der Waals surface area (Å²) < 4.78 is 5.22. The standard InChI is InChI=1S/C21H21N3O2/c1-15(16-7-4-3-5-8-16)23-21(25)17-11-19(14-22-13-17)24-18-9-6-10-20(12-18)26-2/h3-15,24H,1-2H3,(H,23,25). The van der Waals surface area contributed by atoms with E-state index in [0.717, 1.165) is 22.7 Å². The summed E-state index contributed by atoms with van der Waals surface area (Å²) in [4.78, 5) is 16.7. The van der Waals surface area contributed by atoms with Gasteiger partial charge in [-0.1, -0.05) is 36.4 Å². The zero-order valence-electron chi connectivity index (χ0n) is 14.8. The molecule has 3 aromatic rings. The topological polar surface area (TPSA) is 63.2 Å². The number of benzene rings is 2. The van der Waals surface area contributed by atoms with E-state index < -0.39 is 0 Å². The van der Waals surface area contributed by atoms with Crippen molar-refractivity contribution in [2.24, 2.45) is 0 Å². The molecule has 1 amide bonds. The molecule has 3 rings (SSSR count). The largest absolute Gasteiger partial charge is 0.497 e. The minimum atomic E-state index is -0.164. The third kappa shape index (κ3) is 4.39. The number of ether oxygens (including phenoxy) is 1. The number of pyridine rings is 1. The number of nitrogens with zero attached hydrogens (tertiary/aromatic N) is 1. The van der Waals surface area contributed by atoms with Gasteiger partial charge >= 0.3 is 0 Å². The molecule has 0 saturated carbocycles. The van der Waals surface area contributed by atoms with Crippen molar-refractivity contribution in [2.75, 3.05) is 12.4 Å². The molecule has 2 aromatic carbocycles. The molecule has 5 heteroatoms. The van der Waals surface area contributed by atoms with Crippen molar-refractivity contribution < 1.29 is 9.53 Å². The molecule has 2 N–H and O–H groups in total. The van der Waals surface area contributed by atoms with Gasteiger partial charge < -0.3 is 15.4 Å². The number of carbonyl (C=O) groups excluding carboxylic acids is 1. The number of hydrogen-bond donors (Lipinski definition) is 2. The lowest BCUT2D eigenvalue weighted by molar-refractivity contribution is 0.0939. The first-order valence-corrected chi connectivity index (χ1v) is 8.37. The van der Waals surface area contributed by atoms with E-state index in [2.05, 4.69) is 15.6 Å². The van der Waals surface area contributed by atoms with Gasteiger partial charge in [-0.3, -0.25) is 9.78 Å². The van der Waals surface area contributed by atoms with E-state index in [-0.39, 0.29) is 11.9 Å². The Labute approximate surface area is 153 Å². The molecule has 0 aliphatic rings. The molecule has 1 unspecified atom stereocenters. The van der Waals surface area contributed by atoms with E-state index in [0.29, 0.717) is 5.56 Å². The van der Waals surface area contributed by atoms with Gasteiger partial charge in [0.25, 0.3) is 5.91 Å². The van der Waals surface area contributed by atoms with Crippen LogP contribution in [-0.4, -0.2) is 18.0 Å². The van der Waals surface area contributed by atoms with Crippen LogP contribution in [-0.2, 0) is 0 Å². The van der Waals surface area contributed by atoms with Crippen molar-refractivity contribution in [3.05, 3.63) is 84.2 Å². The quantitative estimate of drug-likeness (QED) is 0.697. The summed E-state index contributed by atoms with van der Waals surface area (Å²) in [6, 6.07) is 19.1. The molecule has 5 nitrogen and oxygen atoms in total. The van der Waals surface area contributed by atoms with Crippen LogP contribution in [0.1, 0.15) is 28.9 Å². The van der Waals surface area contributed by atoms with Crippen molar-refractivity contribution in [1.82, 2.24) is 10.3 Å². The van der Waals surface area contributed by atoms with E-state index in [9.17, 15) is 4.79 Å². The number of methoxy groups -OCH3 is 1. The molecule has 1 heterocycles. The van der Waals surface area contributed by atoms with Gasteiger partial charge in [-0.25, -0.2) is 0 Å². The fraction of sp³-hybridized carbons (Fsp3) is 0.143. The van der Waals surface area contributed by atoms with Gasteiger partial charge in [-0.15, -0.1) is 0 Å². The van der Waals surface area contributed by atoms with Crippen molar-refractivity contribution in [3.8, 4) is 5.75 Å². The number of anilines is 2. The zero-order valence-corrected chi connectivity index (χ0v) is 14.8. The van der Waals surface area contributed by atoms with E-state index in [1.54, 1.807) is 25.6 Å². The van der Waals surface area contributed by atoms with Crippen LogP contribution in [0.5, 0.6) is 5.75 Å². The first kappa shape index (κ1) is 17.5. The van der Waals surface area contributed by atoms with Crippen LogP contribution in [0.15, 0.2) is 73.1 Å². The van der Waals surface area contributed by atoms with Gasteiger partial charge in [0.2, 0.25) is 0 Å². The van der Waals surface area contributed by atoms with E-state index in [1.165, 1.54) is 0 Å². The first-order valence-electron chi connectivity index (χ1n) is 8.37. The molecule has 1 atom stereocenters. The summed E-state index contributed by atoms with van der Waals surface area (Å²) in [5, 5.41) is 6.23. The monoisotopic (exact) mass is 347 g/mol. The van der Waals surface area contributed by atoms with Crippen molar-refractivity contribution in [1.29, 1.82) is 0 Å². The lowest BCUT2D eigenvalue weighted by atomic mass is 10.1. The SMILES string of the molecule is COc1cccc(Nc2cncc(C(=O)NC(C)c3ccccc3)c2)c1. The minimum absolute atomic E-state index is 0.0845. The molecule has 0 aliphatic carbocycles. The average molecular weight is 347 g/mol. The summed E-state index contributed by atoms with van der Waals surface area (Å²) in [5.41, 5.74) is 3.15. The predicted octanol–water partition coefficient (Wildman–Crippen LogP) is 4.32. The average Bonchev–Trinajstić information content (AvgIpc) is 2.69. The Balaban J connectivity index is 1.71. The first-order chi connectivity index (χ1) is 12.7. The number of carbonyl (C=O) groups is 1. The molecule has 0 spiro atoms. The molecule has 0 radical (unpaired) electrons. The maximum atomic E-state index is 12.5. The van der Waals surface area contributed by atoms with Gasteiger partial charge in [0, 0.05) is 18.0 Å². The lowest BCUT2D eigenvalue weighted by Gasteiger charge is -2.15. The molecule has 132 valence electrons. The molecular formula is C21H21N3O2. The predicted molar refractivity (Wildman–Crippen MR) is 103 cm³/mol. The smallest absolute Gasteiger partial charge is 0.253 e. The third-order valence-electron chi connectivity index (χ3n) is 4.01. The fourth-order valence-corrected chi connectivity index (χ4v) is 2.60. The van der Waals surface area contributed by atoms with Gasteiger partial charge in [0.05, 0.1) is 30.6 Å². The highest BCUT2D eigenvalue weighted by molar-refractivity contribution is 5.95. The zero-order chi connectivity index (χ0) is 18.4. The van der Waals surface area contributed by atoms with Gasteiger partial charge in [0.1, 0.15) is 5.75 Å². The summed E-state index contributed by atoms with van der Waals surface area (Å²) >= 11 is 0. The maximum absolute atomic E-state index is 12.5. The molecule has 26 heavy (non-hydrogen) atoms. The summed E-state index contributed by atoms with van der Waals surface area (Å²) in [5.74, 6) is 0.594. The minimum Gasteiger partial charge on any atom is -0.497 e. The highest BCUT2D eigenvalue weighted by Crippen LogP contribution is 2.21. The van der Waals surface area contributed by atoms with Crippen LogP contribution in [0.2, 0.25) is 0 Å². The molecule has 0 bridgehead atoms. The number of nitrogens with one attached hydrogen (secondary N) is 2. The van der Waals surface area contributed by atoms with Crippen LogP contribution in [0.4, 0.5) is 11.4 Å². The van der Waals surface area contributed by atoms with Gasteiger partial charge in [-0.05, 0) is 30.7 Å². The van der Waals surface area contributed by atoms with E-state index in [1.807, 2.05) is 61.5 Å². The normalized spacial score (nSPS) is 11.5. The Morgan fingerprint density at radius 1 is 1.00 bits per heavy atom. The van der Waals surface area contributed by atoms with Crippen molar-refractivity contribution in [3.63, 3.8) is 0 Å². The maximum Gasteiger partial charge on any atom is 0.253 e. The number of rotatable bonds is 6. The highest BCUT2D eigenvalue weighted by Gasteiger charge is 2.12.